The topological polar surface area (TPSA) is 84.2 Å². The molecule has 1 heterocycles. The third-order valence-electron chi connectivity index (χ3n) is 5.80. The molecule has 2 aliphatic carbocycles. The molecule has 2 N–H and O–H groups in total. The van der Waals surface area contributed by atoms with Gasteiger partial charge in [0.1, 0.15) is 0 Å². The normalized spacial score (nSPS) is 19.7. The molecule has 1 aromatic heterocycles. The molecule has 6 heteroatoms. The number of fused-ring (bicyclic) bond motifs is 1. The van der Waals surface area contributed by atoms with Crippen LogP contribution in [0.25, 0.3) is 11.0 Å². The molecule has 2 saturated carbocycles. The Kier molecular flexibility index (Phi) is 3.98. The number of para-hydroxylation sites is 2. The first-order valence-corrected chi connectivity index (χ1v) is 9.09. The zero-order valence-electron chi connectivity index (χ0n) is 14.2. The summed E-state index contributed by atoms with van der Waals surface area (Å²) >= 11 is 0. The molecule has 1 aromatic carbocycles. The third-order valence-corrected chi connectivity index (χ3v) is 5.80. The number of aliphatic carboxylic acids is 1. The fourth-order valence-corrected chi connectivity index (χ4v) is 4.21. The van der Waals surface area contributed by atoms with E-state index in [0.717, 1.165) is 30.3 Å². The van der Waals surface area contributed by atoms with Crippen LogP contribution in [0.4, 0.5) is 5.95 Å². The quantitative estimate of drug-likeness (QED) is 0.868. The van der Waals surface area contributed by atoms with Gasteiger partial charge >= 0.3 is 5.97 Å². The molecule has 0 radical (unpaired) electrons. The van der Waals surface area contributed by atoms with Crippen LogP contribution in [0, 0.1) is 5.41 Å². The van der Waals surface area contributed by atoms with Crippen LogP contribution in [-0.2, 0) is 9.59 Å². The zero-order chi connectivity index (χ0) is 17.4. The lowest BCUT2D eigenvalue weighted by molar-refractivity contribution is -0.157. The highest BCUT2D eigenvalue weighted by atomic mass is 16.4. The summed E-state index contributed by atoms with van der Waals surface area (Å²) < 4.78 is 2.13. The molecule has 25 heavy (non-hydrogen) atoms. The van der Waals surface area contributed by atoms with E-state index in [9.17, 15) is 14.7 Å². The number of benzene rings is 1. The number of carbonyl (C=O) groups is 2. The Labute approximate surface area is 146 Å². The molecule has 0 spiro atoms. The van der Waals surface area contributed by atoms with E-state index in [-0.39, 0.29) is 12.3 Å². The van der Waals surface area contributed by atoms with Crippen LogP contribution in [0.5, 0.6) is 0 Å². The molecule has 2 fully saturated rings. The van der Waals surface area contributed by atoms with Crippen molar-refractivity contribution >= 4 is 28.9 Å². The molecule has 132 valence electrons. The van der Waals surface area contributed by atoms with Crippen LogP contribution >= 0.6 is 0 Å². The summed E-state index contributed by atoms with van der Waals surface area (Å²) in [6.45, 7) is 0. The molecule has 0 aliphatic heterocycles. The van der Waals surface area contributed by atoms with Gasteiger partial charge in [0.2, 0.25) is 11.9 Å². The molecule has 2 aromatic rings. The molecule has 0 unspecified atom stereocenters. The second-order valence-electron chi connectivity index (χ2n) is 7.40. The fraction of sp³-hybridized carbons (Fsp3) is 0.526. The minimum absolute atomic E-state index is 0.0240. The van der Waals surface area contributed by atoms with Gasteiger partial charge < -0.3 is 9.67 Å². The Hall–Kier alpha value is -2.37. The van der Waals surface area contributed by atoms with Gasteiger partial charge in [-0.25, -0.2) is 4.98 Å². The highest BCUT2D eigenvalue weighted by Crippen LogP contribution is 2.44. The number of anilines is 1. The summed E-state index contributed by atoms with van der Waals surface area (Å²) in [6, 6.07) is 8.24. The van der Waals surface area contributed by atoms with Crippen molar-refractivity contribution in [1.82, 2.24) is 9.55 Å². The number of carboxylic acids is 1. The first-order valence-electron chi connectivity index (χ1n) is 9.09. The molecule has 0 saturated heterocycles. The minimum atomic E-state index is -0.881. The van der Waals surface area contributed by atoms with Gasteiger partial charge in [-0.1, -0.05) is 31.4 Å². The number of nitrogens with one attached hydrogen (secondary N) is 1. The molecule has 2 aliphatic rings. The van der Waals surface area contributed by atoms with Gasteiger partial charge in [0.15, 0.2) is 0 Å². The van der Waals surface area contributed by atoms with Crippen molar-refractivity contribution in [3.8, 4) is 0 Å². The van der Waals surface area contributed by atoms with Crippen LogP contribution in [0.15, 0.2) is 24.3 Å². The molecule has 0 atom stereocenters. The number of nitrogens with zero attached hydrogens (tertiary/aromatic N) is 2. The summed E-state index contributed by atoms with van der Waals surface area (Å²) in [5.74, 6) is -0.562. The summed E-state index contributed by atoms with van der Waals surface area (Å²) in [7, 11) is 0. The maximum atomic E-state index is 12.5. The molecule has 6 nitrogen and oxygen atoms in total. The van der Waals surface area contributed by atoms with Crippen LogP contribution < -0.4 is 5.32 Å². The second kappa shape index (κ2) is 6.17. The Morgan fingerprint density at radius 1 is 1.20 bits per heavy atom. The number of imidazole rings is 1. The van der Waals surface area contributed by atoms with Gasteiger partial charge in [-0.05, 0) is 37.8 Å². The number of carbonyl (C=O) groups excluding carboxylic acids is 1. The minimum Gasteiger partial charge on any atom is -0.481 e. The summed E-state index contributed by atoms with van der Waals surface area (Å²) in [6.07, 6.45) is 6.60. The van der Waals surface area contributed by atoms with E-state index >= 15 is 0 Å². The molecule has 4 rings (SSSR count). The standard InChI is InChI=1S/C19H23N3O3/c23-16(12-19(17(24)25)10-5-11-19)21-18-20-14-8-3-4-9-15(14)22(18)13-6-1-2-7-13/h3-4,8-9,13H,1-2,5-7,10-12H2,(H,24,25)(H,20,21,23). The maximum Gasteiger partial charge on any atom is 0.310 e. The second-order valence-corrected chi connectivity index (χ2v) is 7.40. The van der Waals surface area contributed by atoms with E-state index in [1.54, 1.807) is 0 Å². The van der Waals surface area contributed by atoms with Gasteiger partial charge in [-0.15, -0.1) is 0 Å². The third kappa shape index (κ3) is 2.79. The maximum absolute atomic E-state index is 12.5. The van der Waals surface area contributed by atoms with Crippen molar-refractivity contribution in [3.05, 3.63) is 24.3 Å². The number of hydrogen-bond donors (Lipinski definition) is 2. The van der Waals surface area contributed by atoms with E-state index in [4.69, 9.17) is 0 Å². The summed E-state index contributed by atoms with van der Waals surface area (Å²) in [4.78, 5) is 28.6. The van der Waals surface area contributed by atoms with E-state index in [1.165, 1.54) is 12.8 Å². The lowest BCUT2D eigenvalue weighted by Crippen LogP contribution is -2.41. The SMILES string of the molecule is O=C(CC1(C(=O)O)CCC1)Nc1nc2ccccc2n1C1CCCC1. The monoisotopic (exact) mass is 341 g/mol. The molecular formula is C19H23N3O3. The summed E-state index contributed by atoms with van der Waals surface area (Å²) in [5, 5.41) is 12.3. The van der Waals surface area contributed by atoms with Crippen LogP contribution in [-0.4, -0.2) is 26.5 Å². The van der Waals surface area contributed by atoms with E-state index in [2.05, 4.69) is 14.9 Å². The van der Waals surface area contributed by atoms with E-state index < -0.39 is 11.4 Å². The van der Waals surface area contributed by atoms with Gasteiger partial charge in [0.05, 0.1) is 16.4 Å². The van der Waals surface area contributed by atoms with Crippen molar-refractivity contribution in [2.45, 2.75) is 57.4 Å². The Morgan fingerprint density at radius 3 is 2.56 bits per heavy atom. The van der Waals surface area contributed by atoms with Gasteiger partial charge in [0, 0.05) is 12.5 Å². The highest BCUT2D eigenvalue weighted by molar-refractivity contribution is 5.95. The van der Waals surface area contributed by atoms with Crippen molar-refractivity contribution in [3.63, 3.8) is 0 Å². The smallest absolute Gasteiger partial charge is 0.310 e. The average molecular weight is 341 g/mol. The predicted octanol–water partition coefficient (Wildman–Crippen LogP) is 3.73. The number of amides is 1. The van der Waals surface area contributed by atoms with Crippen LogP contribution in [0.3, 0.4) is 0 Å². The van der Waals surface area contributed by atoms with E-state index in [1.807, 2.05) is 24.3 Å². The average Bonchev–Trinajstić information content (AvgIpc) is 3.17. The molecule has 1 amide bonds. The largest absolute Gasteiger partial charge is 0.481 e. The number of carboxylic acid groups (broad SMARTS) is 1. The molecule has 0 bridgehead atoms. The zero-order valence-corrected chi connectivity index (χ0v) is 14.2. The fourth-order valence-electron chi connectivity index (χ4n) is 4.21. The van der Waals surface area contributed by atoms with Crippen molar-refractivity contribution in [2.24, 2.45) is 5.41 Å². The Bertz CT molecular complexity index is 816. The Balaban J connectivity index is 1.61. The lowest BCUT2D eigenvalue weighted by atomic mass is 9.66. The first-order chi connectivity index (χ1) is 12.1. The van der Waals surface area contributed by atoms with Crippen molar-refractivity contribution in [1.29, 1.82) is 0 Å². The lowest BCUT2D eigenvalue weighted by Gasteiger charge is -2.36. The first kappa shape index (κ1) is 16.1. The van der Waals surface area contributed by atoms with Crippen LogP contribution in [0.2, 0.25) is 0 Å². The molecular weight excluding hydrogens is 318 g/mol. The van der Waals surface area contributed by atoms with Gasteiger partial charge in [-0.2, -0.15) is 0 Å². The van der Waals surface area contributed by atoms with Gasteiger partial charge in [-0.3, -0.25) is 14.9 Å². The van der Waals surface area contributed by atoms with Gasteiger partial charge in [0.25, 0.3) is 0 Å². The van der Waals surface area contributed by atoms with E-state index in [0.29, 0.717) is 24.8 Å². The van der Waals surface area contributed by atoms with Crippen molar-refractivity contribution < 1.29 is 14.7 Å². The Morgan fingerprint density at radius 2 is 1.92 bits per heavy atom. The summed E-state index contributed by atoms with van der Waals surface area (Å²) in [5.41, 5.74) is 1.01. The van der Waals surface area contributed by atoms with Crippen LogP contribution in [0.1, 0.15) is 57.4 Å². The number of hydrogen-bond acceptors (Lipinski definition) is 3. The number of aromatic nitrogens is 2. The predicted molar refractivity (Wildman–Crippen MR) is 94.4 cm³/mol. The highest BCUT2D eigenvalue weighted by Gasteiger charge is 2.46. The van der Waals surface area contributed by atoms with Crippen molar-refractivity contribution in [2.75, 3.05) is 5.32 Å². The number of rotatable bonds is 5.